The summed E-state index contributed by atoms with van der Waals surface area (Å²) in [6.45, 7) is 12.1. The predicted molar refractivity (Wildman–Crippen MR) is 115 cm³/mol. The van der Waals surface area contributed by atoms with E-state index in [-0.39, 0.29) is 0 Å². The van der Waals surface area contributed by atoms with Crippen LogP contribution in [0.25, 0.3) is 15.7 Å². The zero-order valence-electron chi connectivity index (χ0n) is 17.3. The highest BCUT2D eigenvalue weighted by Gasteiger charge is 2.43. The van der Waals surface area contributed by atoms with Gasteiger partial charge in [0, 0.05) is 29.5 Å². The molecule has 0 atom stereocenters. The highest BCUT2D eigenvalue weighted by atomic mass is 15.3. The Kier molecular flexibility index (Phi) is 5.27. The Morgan fingerprint density at radius 3 is 2.54 bits per heavy atom. The first kappa shape index (κ1) is 19.2. The summed E-state index contributed by atoms with van der Waals surface area (Å²) in [4.78, 5) is 4.17. The van der Waals surface area contributed by atoms with Crippen LogP contribution in [0.3, 0.4) is 0 Å². The number of benzene rings is 1. The molecule has 0 aliphatic heterocycles. The number of hydrogen-bond donors (Lipinski definition) is 1. The molecule has 1 N–H and O–H groups in total. The van der Waals surface area contributed by atoms with Crippen molar-refractivity contribution >= 4 is 16.6 Å². The lowest BCUT2D eigenvalue weighted by Crippen LogP contribution is -2.30. The molecule has 0 amide bonds. The SMILES string of the molecule is [C-]#[N+]C1(c2ccc3c(CC)nn(C4CCCCC4)c3c2)CCC(C(C)=N)CC1. The summed E-state index contributed by atoms with van der Waals surface area (Å²) in [5, 5.41) is 14.2. The maximum absolute atomic E-state index is 8.00. The van der Waals surface area contributed by atoms with E-state index in [2.05, 4.69) is 34.6 Å². The summed E-state index contributed by atoms with van der Waals surface area (Å²) >= 11 is 0. The van der Waals surface area contributed by atoms with E-state index in [1.807, 2.05) is 6.92 Å². The Hall–Kier alpha value is -2.15. The van der Waals surface area contributed by atoms with Crippen LogP contribution in [-0.2, 0) is 12.0 Å². The zero-order chi connectivity index (χ0) is 19.7. The van der Waals surface area contributed by atoms with Gasteiger partial charge in [-0.2, -0.15) is 5.10 Å². The van der Waals surface area contributed by atoms with Crippen LogP contribution < -0.4 is 0 Å². The minimum Gasteiger partial charge on any atom is -0.310 e. The molecule has 4 nitrogen and oxygen atoms in total. The number of rotatable bonds is 4. The summed E-state index contributed by atoms with van der Waals surface area (Å²) in [6.07, 6.45) is 11.0. The fourth-order valence-electron chi connectivity index (χ4n) is 5.35. The van der Waals surface area contributed by atoms with E-state index in [1.54, 1.807) is 0 Å². The van der Waals surface area contributed by atoms with Crippen molar-refractivity contribution in [1.29, 1.82) is 5.41 Å². The fourth-order valence-corrected chi connectivity index (χ4v) is 5.35. The third kappa shape index (κ3) is 3.26. The van der Waals surface area contributed by atoms with Crippen LogP contribution >= 0.6 is 0 Å². The number of nitrogens with one attached hydrogen (secondary N) is 1. The zero-order valence-corrected chi connectivity index (χ0v) is 17.3. The van der Waals surface area contributed by atoms with Crippen LogP contribution in [0.2, 0.25) is 0 Å². The maximum Gasteiger partial charge on any atom is 0.257 e. The summed E-state index contributed by atoms with van der Waals surface area (Å²) in [7, 11) is 0. The van der Waals surface area contributed by atoms with Crippen molar-refractivity contribution in [3.8, 4) is 0 Å². The molecule has 148 valence electrons. The molecule has 2 aromatic rings. The molecule has 2 aliphatic carbocycles. The van der Waals surface area contributed by atoms with E-state index >= 15 is 0 Å². The van der Waals surface area contributed by atoms with Gasteiger partial charge in [-0.05, 0) is 51.0 Å². The molecule has 4 rings (SSSR count). The van der Waals surface area contributed by atoms with Gasteiger partial charge >= 0.3 is 0 Å². The molecule has 1 aromatic carbocycles. The summed E-state index contributed by atoms with van der Waals surface area (Å²) in [6, 6.07) is 7.19. The number of aromatic nitrogens is 2. The summed E-state index contributed by atoms with van der Waals surface area (Å²) in [5.74, 6) is 0.359. The quantitative estimate of drug-likeness (QED) is 0.484. The molecule has 4 heteroatoms. The van der Waals surface area contributed by atoms with Gasteiger partial charge in [0.1, 0.15) is 0 Å². The van der Waals surface area contributed by atoms with Crippen molar-refractivity contribution in [2.45, 2.75) is 89.6 Å². The Balaban J connectivity index is 1.74. The standard InChI is InChI=1S/C24H32N4/c1-4-22-21-11-10-19(24(26-3)14-12-18(13-15-24)17(2)25)16-23(21)28(27-22)20-8-6-5-7-9-20/h10-11,16,18,20,25H,4-9,12-15H2,1-2H3. The lowest BCUT2D eigenvalue weighted by Gasteiger charge is -2.31. The molecular weight excluding hydrogens is 344 g/mol. The van der Waals surface area contributed by atoms with E-state index in [1.165, 1.54) is 48.7 Å². The van der Waals surface area contributed by atoms with E-state index < -0.39 is 5.54 Å². The molecule has 2 saturated carbocycles. The Morgan fingerprint density at radius 2 is 1.93 bits per heavy atom. The van der Waals surface area contributed by atoms with Crippen molar-refractivity contribution in [1.82, 2.24) is 9.78 Å². The lowest BCUT2D eigenvalue weighted by molar-refractivity contribution is 0.316. The van der Waals surface area contributed by atoms with Crippen molar-refractivity contribution in [3.05, 3.63) is 40.9 Å². The minimum atomic E-state index is -0.422. The topological polar surface area (TPSA) is 46.0 Å². The van der Waals surface area contributed by atoms with Crippen molar-refractivity contribution in [3.63, 3.8) is 0 Å². The Bertz CT molecular complexity index is 903. The average molecular weight is 377 g/mol. The van der Waals surface area contributed by atoms with Crippen LogP contribution in [-0.4, -0.2) is 15.5 Å². The van der Waals surface area contributed by atoms with Crippen molar-refractivity contribution in [2.75, 3.05) is 0 Å². The monoisotopic (exact) mass is 376 g/mol. The highest BCUT2D eigenvalue weighted by Crippen LogP contribution is 2.44. The van der Waals surface area contributed by atoms with Crippen molar-refractivity contribution in [2.24, 2.45) is 5.92 Å². The van der Waals surface area contributed by atoms with E-state index in [9.17, 15) is 0 Å². The van der Waals surface area contributed by atoms with Crippen LogP contribution in [0.1, 0.15) is 88.9 Å². The van der Waals surface area contributed by atoms with Gasteiger partial charge in [0.25, 0.3) is 5.54 Å². The number of fused-ring (bicyclic) bond motifs is 1. The first-order valence-electron chi connectivity index (χ1n) is 11.0. The molecule has 0 bridgehead atoms. The Morgan fingerprint density at radius 1 is 1.21 bits per heavy atom. The molecule has 0 saturated heterocycles. The maximum atomic E-state index is 8.00. The van der Waals surface area contributed by atoms with Gasteiger partial charge in [0.2, 0.25) is 0 Å². The van der Waals surface area contributed by atoms with Gasteiger partial charge in [0.15, 0.2) is 0 Å². The van der Waals surface area contributed by atoms with Crippen LogP contribution in [0.15, 0.2) is 18.2 Å². The molecule has 2 aliphatic rings. The molecule has 28 heavy (non-hydrogen) atoms. The molecule has 0 spiro atoms. The molecule has 0 radical (unpaired) electrons. The van der Waals surface area contributed by atoms with Gasteiger partial charge in [-0.15, -0.1) is 0 Å². The molecular formula is C24H32N4. The Labute approximate surface area is 168 Å². The molecule has 2 fully saturated rings. The van der Waals surface area contributed by atoms with E-state index in [4.69, 9.17) is 17.1 Å². The lowest BCUT2D eigenvalue weighted by atomic mass is 9.72. The number of nitrogens with zero attached hydrogens (tertiary/aromatic N) is 3. The van der Waals surface area contributed by atoms with Gasteiger partial charge in [-0.25, -0.2) is 6.57 Å². The molecule has 1 aromatic heterocycles. The van der Waals surface area contributed by atoms with Gasteiger partial charge < -0.3 is 10.3 Å². The predicted octanol–water partition coefficient (Wildman–Crippen LogP) is 6.45. The van der Waals surface area contributed by atoms with Crippen LogP contribution in [0.4, 0.5) is 0 Å². The van der Waals surface area contributed by atoms with Crippen molar-refractivity contribution < 1.29 is 0 Å². The number of aryl methyl sites for hydroxylation is 1. The van der Waals surface area contributed by atoms with E-state index in [0.29, 0.717) is 12.0 Å². The third-order valence-electron chi connectivity index (χ3n) is 7.22. The first-order chi connectivity index (χ1) is 13.6. The second kappa shape index (κ2) is 7.70. The first-order valence-corrected chi connectivity index (χ1v) is 11.0. The smallest absolute Gasteiger partial charge is 0.257 e. The summed E-state index contributed by atoms with van der Waals surface area (Å²) < 4.78 is 2.29. The summed E-state index contributed by atoms with van der Waals surface area (Å²) in [5.41, 5.74) is 3.93. The van der Waals surface area contributed by atoms with Gasteiger partial charge in [-0.3, -0.25) is 4.68 Å². The second-order valence-corrected chi connectivity index (χ2v) is 8.87. The van der Waals surface area contributed by atoms with Gasteiger partial charge in [0.05, 0.1) is 17.3 Å². The normalized spacial score (nSPS) is 26.2. The second-order valence-electron chi connectivity index (χ2n) is 8.87. The fraction of sp³-hybridized carbons (Fsp3) is 0.625. The molecule has 1 heterocycles. The highest BCUT2D eigenvalue weighted by molar-refractivity contribution is 5.83. The minimum absolute atomic E-state index is 0.359. The molecule has 0 unspecified atom stereocenters. The van der Waals surface area contributed by atoms with Crippen LogP contribution in [0.5, 0.6) is 0 Å². The average Bonchev–Trinajstić information content (AvgIpc) is 3.12. The van der Waals surface area contributed by atoms with E-state index in [0.717, 1.165) is 43.4 Å². The van der Waals surface area contributed by atoms with Gasteiger partial charge in [-0.1, -0.05) is 38.3 Å². The number of hydrogen-bond acceptors (Lipinski definition) is 2. The third-order valence-corrected chi connectivity index (χ3v) is 7.22. The van der Waals surface area contributed by atoms with Crippen LogP contribution in [0, 0.1) is 17.9 Å². The largest absolute Gasteiger partial charge is 0.310 e.